The van der Waals surface area contributed by atoms with Gasteiger partial charge in [0, 0.05) is 19.6 Å². The summed E-state index contributed by atoms with van der Waals surface area (Å²) in [6.07, 6.45) is 12.8. The van der Waals surface area contributed by atoms with E-state index in [0.29, 0.717) is 11.8 Å². The average Bonchev–Trinajstić information content (AvgIpc) is 3.35. The Bertz CT molecular complexity index is 629. The zero-order chi connectivity index (χ0) is 17.8. The second-order valence-electron chi connectivity index (χ2n) is 8.40. The first-order chi connectivity index (χ1) is 12.8. The molecule has 26 heavy (non-hydrogen) atoms. The van der Waals surface area contributed by atoms with Gasteiger partial charge in [-0.15, -0.1) is 0 Å². The first-order valence-electron chi connectivity index (χ1n) is 10.5. The highest BCUT2D eigenvalue weighted by Gasteiger charge is 2.53. The molecule has 2 aliphatic carbocycles. The van der Waals surface area contributed by atoms with Crippen LogP contribution in [0, 0.1) is 5.92 Å². The van der Waals surface area contributed by atoms with Crippen molar-refractivity contribution in [3.8, 4) is 0 Å². The monoisotopic (exact) mass is 352 g/mol. The molecule has 1 saturated carbocycles. The second kappa shape index (κ2) is 7.96. The quantitative estimate of drug-likeness (QED) is 0.693. The molecule has 0 spiro atoms. The average molecular weight is 353 g/mol. The number of amides is 1. The highest BCUT2D eigenvalue weighted by atomic mass is 16.2. The Balaban J connectivity index is 1.47. The molecule has 0 unspecified atom stereocenters. The topological polar surface area (TPSA) is 23.6 Å². The molecular formula is C23H32N2O. The smallest absolute Gasteiger partial charge is 0.233 e. The number of allylic oxidation sites excluding steroid dienone is 2. The van der Waals surface area contributed by atoms with E-state index >= 15 is 0 Å². The number of nitrogens with zero attached hydrogens (tertiary/aromatic N) is 2. The normalized spacial score (nSPS) is 24.5. The van der Waals surface area contributed by atoms with Crippen molar-refractivity contribution in [2.24, 2.45) is 5.92 Å². The Hall–Kier alpha value is -1.61. The van der Waals surface area contributed by atoms with E-state index in [4.69, 9.17) is 0 Å². The van der Waals surface area contributed by atoms with Crippen molar-refractivity contribution in [2.45, 2.75) is 50.4 Å². The summed E-state index contributed by atoms with van der Waals surface area (Å²) in [7, 11) is 0. The summed E-state index contributed by atoms with van der Waals surface area (Å²) in [4.78, 5) is 18.4. The standard InChI is InChI=1S/C23H32N2O/c26-22(23(13-14-23)21-11-5-2-6-12-21)25(18-17-24-15-7-8-16-24)19-20-9-3-1-4-10-20/h1-3,5-6,11-12,20H,4,7-10,13-19H2/t20-/m0/s1. The number of rotatable bonds is 7. The minimum absolute atomic E-state index is 0.225. The van der Waals surface area contributed by atoms with Gasteiger partial charge < -0.3 is 9.80 Å². The third-order valence-corrected chi connectivity index (χ3v) is 6.51. The number of carbonyl (C=O) groups excluding carboxylic acids is 1. The van der Waals surface area contributed by atoms with Crippen molar-refractivity contribution in [3.05, 3.63) is 48.0 Å². The van der Waals surface area contributed by atoms with E-state index in [1.807, 2.05) is 6.07 Å². The van der Waals surface area contributed by atoms with Gasteiger partial charge in [0.25, 0.3) is 0 Å². The van der Waals surface area contributed by atoms with Crippen LogP contribution in [0.25, 0.3) is 0 Å². The molecule has 140 valence electrons. The summed E-state index contributed by atoms with van der Waals surface area (Å²) in [6.45, 7) is 5.29. The summed E-state index contributed by atoms with van der Waals surface area (Å²) in [5, 5.41) is 0. The second-order valence-corrected chi connectivity index (χ2v) is 8.40. The predicted octanol–water partition coefficient (Wildman–Crippen LogP) is 4.00. The molecule has 1 aromatic carbocycles. The fourth-order valence-corrected chi connectivity index (χ4v) is 4.69. The summed E-state index contributed by atoms with van der Waals surface area (Å²) < 4.78 is 0. The highest BCUT2D eigenvalue weighted by Crippen LogP contribution is 2.49. The van der Waals surface area contributed by atoms with E-state index in [2.05, 4.69) is 46.2 Å². The molecule has 0 N–H and O–H groups in total. The first-order valence-corrected chi connectivity index (χ1v) is 10.5. The van der Waals surface area contributed by atoms with Gasteiger partial charge in [-0.05, 0) is 69.5 Å². The van der Waals surface area contributed by atoms with Crippen molar-refractivity contribution >= 4 is 5.91 Å². The number of hydrogen-bond donors (Lipinski definition) is 0. The summed E-state index contributed by atoms with van der Waals surface area (Å²) in [5.41, 5.74) is 0.997. The number of carbonyl (C=O) groups is 1. The Labute approximate surface area is 158 Å². The maximum absolute atomic E-state index is 13.6. The van der Waals surface area contributed by atoms with Crippen LogP contribution in [0.15, 0.2) is 42.5 Å². The summed E-state index contributed by atoms with van der Waals surface area (Å²) in [5.74, 6) is 1.02. The van der Waals surface area contributed by atoms with E-state index < -0.39 is 0 Å². The summed E-state index contributed by atoms with van der Waals surface area (Å²) >= 11 is 0. The number of hydrogen-bond acceptors (Lipinski definition) is 2. The van der Waals surface area contributed by atoms with Gasteiger partial charge in [-0.25, -0.2) is 0 Å². The van der Waals surface area contributed by atoms with Crippen LogP contribution < -0.4 is 0 Å². The molecule has 1 saturated heterocycles. The van der Waals surface area contributed by atoms with Gasteiger partial charge in [-0.2, -0.15) is 0 Å². The minimum atomic E-state index is -0.225. The molecule has 1 aliphatic heterocycles. The van der Waals surface area contributed by atoms with Crippen molar-refractivity contribution in [1.82, 2.24) is 9.80 Å². The van der Waals surface area contributed by atoms with Crippen LogP contribution in [0.4, 0.5) is 0 Å². The Morgan fingerprint density at radius 1 is 1.12 bits per heavy atom. The van der Waals surface area contributed by atoms with Crippen LogP contribution in [-0.2, 0) is 10.2 Å². The van der Waals surface area contributed by atoms with Crippen LogP contribution >= 0.6 is 0 Å². The third-order valence-electron chi connectivity index (χ3n) is 6.51. The molecule has 4 rings (SSSR count). The lowest BCUT2D eigenvalue weighted by atomic mass is 9.91. The molecular weight excluding hydrogens is 320 g/mol. The highest BCUT2D eigenvalue weighted by molar-refractivity contribution is 5.91. The van der Waals surface area contributed by atoms with Gasteiger partial charge in [0.15, 0.2) is 0 Å². The number of benzene rings is 1. The molecule has 1 amide bonds. The van der Waals surface area contributed by atoms with Crippen molar-refractivity contribution in [3.63, 3.8) is 0 Å². The summed E-state index contributed by atoms with van der Waals surface area (Å²) in [6, 6.07) is 10.5. The van der Waals surface area contributed by atoms with Crippen LogP contribution in [0.2, 0.25) is 0 Å². The van der Waals surface area contributed by atoms with Crippen molar-refractivity contribution in [2.75, 3.05) is 32.7 Å². The Morgan fingerprint density at radius 3 is 2.54 bits per heavy atom. The van der Waals surface area contributed by atoms with E-state index in [9.17, 15) is 4.79 Å². The minimum Gasteiger partial charge on any atom is -0.340 e. The van der Waals surface area contributed by atoms with Crippen LogP contribution in [0.5, 0.6) is 0 Å². The van der Waals surface area contributed by atoms with Crippen molar-refractivity contribution in [1.29, 1.82) is 0 Å². The van der Waals surface area contributed by atoms with E-state index in [1.165, 1.54) is 44.3 Å². The van der Waals surface area contributed by atoms with Gasteiger partial charge >= 0.3 is 0 Å². The SMILES string of the molecule is O=C(N(CCN1CCCC1)C[C@H]1CC=CCC1)C1(c2ccccc2)CC1. The van der Waals surface area contributed by atoms with Gasteiger partial charge in [0.1, 0.15) is 0 Å². The molecule has 1 aromatic rings. The zero-order valence-electron chi connectivity index (χ0n) is 15.9. The lowest BCUT2D eigenvalue weighted by molar-refractivity contribution is -0.135. The molecule has 0 radical (unpaired) electrons. The largest absolute Gasteiger partial charge is 0.340 e. The lowest BCUT2D eigenvalue weighted by Gasteiger charge is -2.33. The number of likely N-dealkylation sites (tertiary alicyclic amines) is 1. The maximum Gasteiger partial charge on any atom is 0.233 e. The lowest BCUT2D eigenvalue weighted by Crippen LogP contribution is -2.45. The predicted molar refractivity (Wildman–Crippen MR) is 106 cm³/mol. The fourth-order valence-electron chi connectivity index (χ4n) is 4.69. The molecule has 3 nitrogen and oxygen atoms in total. The molecule has 1 atom stereocenters. The van der Waals surface area contributed by atoms with E-state index in [0.717, 1.165) is 38.9 Å². The third kappa shape index (κ3) is 3.88. The molecule has 3 aliphatic rings. The maximum atomic E-state index is 13.6. The Morgan fingerprint density at radius 2 is 1.88 bits per heavy atom. The zero-order valence-corrected chi connectivity index (χ0v) is 15.9. The van der Waals surface area contributed by atoms with Gasteiger partial charge in [0.05, 0.1) is 5.41 Å². The van der Waals surface area contributed by atoms with Crippen LogP contribution in [0.3, 0.4) is 0 Å². The van der Waals surface area contributed by atoms with Crippen LogP contribution in [-0.4, -0.2) is 48.4 Å². The molecule has 2 fully saturated rings. The van der Waals surface area contributed by atoms with Gasteiger partial charge in [-0.3, -0.25) is 4.79 Å². The fraction of sp³-hybridized carbons (Fsp3) is 0.609. The van der Waals surface area contributed by atoms with E-state index in [1.54, 1.807) is 0 Å². The van der Waals surface area contributed by atoms with Crippen LogP contribution in [0.1, 0.15) is 50.5 Å². The first kappa shape index (κ1) is 17.8. The molecule has 3 heteroatoms. The Kier molecular flexibility index (Phi) is 5.44. The molecule has 0 aromatic heterocycles. The van der Waals surface area contributed by atoms with Gasteiger partial charge in [-0.1, -0.05) is 42.5 Å². The molecule has 0 bridgehead atoms. The van der Waals surface area contributed by atoms with E-state index in [-0.39, 0.29) is 5.41 Å². The van der Waals surface area contributed by atoms with Crippen molar-refractivity contribution < 1.29 is 4.79 Å². The molecule has 1 heterocycles. The van der Waals surface area contributed by atoms with Gasteiger partial charge in [0.2, 0.25) is 5.91 Å².